The number of aliphatic hydroxyl groups is 3. The molecule has 5 heteroatoms. The molecular weight excluding hydrogens is 715 g/mol. The van der Waals surface area contributed by atoms with Crippen molar-refractivity contribution in [3.8, 4) is 0 Å². The summed E-state index contributed by atoms with van der Waals surface area (Å²) < 4.78 is 0. The molecule has 2 heterocycles. The highest BCUT2D eigenvalue weighted by atomic mass is 16.3. The lowest BCUT2D eigenvalue weighted by Crippen LogP contribution is -2.67. The molecule has 58 heavy (non-hydrogen) atoms. The van der Waals surface area contributed by atoms with Crippen LogP contribution in [-0.4, -0.2) is 63.4 Å². The first-order valence-corrected chi connectivity index (χ1v) is 24.0. The number of nitrogens with zero attached hydrogens (tertiary/aromatic N) is 1. The Morgan fingerprint density at radius 3 is 2.43 bits per heavy atom. The van der Waals surface area contributed by atoms with E-state index in [1.165, 1.54) is 58.4 Å². The van der Waals surface area contributed by atoms with Gasteiger partial charge in [-0.15, -0.1) is 0 Å². The summed E-state index contributed by atoms with van der Waals surface area (Å²) in [5, 5.41) is 41.4. The molecule has 2 aliphatic heterocycles. The molecular formula is C53H73NO4. The zero-order valence-electron chi connectivity index (χ0n) is 36.3. The van der Waals surface area contributed by atoms with Crippen molar-refractivity contribution in [2.24, 2.45) is 70.0 Å². The molecule has 7 aliphatic rings. The highest BCUT2D eigenvalue weighted by Gasteiger charge is 2.67. The smallest absolute Gasteiger partial charge is 0.124 e. The van der Waals surface area contributed by atoms with Crippen molar-refractivity contribution in [2.75, 3.05) is 13.1 Å². The van der Waals surface area contributed by atoms with Crippen LogP contribution in [0.5, 0.6) is 0 Å². The Kier molecular flexibility index (Phi) is 10.1. The van der Waals surface area contributed by atoms with E-state index in [2.05, 4.69) is 82.0 Å². The number of hydrogen-bond acceptors (Lipinski definition) is 5. The van der Waals surface area contributed by atoms with Crippen LogP contribution < -0.4 is 0 Å². The van der Waals surface area contributed by atoms with Gasteiger partial charge in [0.15, 0.2) is 0 Å². The Hall–Kier alpha value is -2.31. The predicted octanol–water partition coefficient (Wildman–Crippen LogP) is 9.95. The highest BCUT2D eigenvalue weighted by Crippen LogP contribution is 2.71. The summed E-state index contributed by atoms with van der Waals surface area (Å²) in [5.41, 5.74) is 3.45. The first-order chi connectivity index (χ1) is 27.8. The van der Waals surface area contributed by atoms with Crippen molar-refractivity contribution < 1.29 is 20.1 Å². The minimum absolute atomic E-state index is 0.0441. The second kappa shape index (κ2) is 14.7. The Morgan fingerprint density at radius 1 is 0.810 bits per heavy atom. The summed E-state index contributed by atoms with van der Waals surface area (Å²) in [6.45, 7) is 14.1. The summed E-state index contributed by atoms with van der Waals surface area (Å²) in [4.78, 5) is 14.2. The molecule has 0 radical (unpaired) electrons. The van der Waals surface area contributed by atoms with E-state index in [1.807, 2.05) is 0 Å². The van der Waals surface area contributed by atoms with E-state index < -0.39 is 5.60 Å². The van der Waals surface area contributed by atoms with E-state index in [-0.39, 0.29) is 29.0 Å². The Labute approximate surface area is 348 Å². The molecule has 314 valence electrons. The maximum atomic E-state index is 12.3. The van der Waals surface area contributed by atoms with Crippen molar-refractivity contribution in [3.05, 3.63) is 59.2 Å². The van der Waals surface area contributed by atoms with Gasteiger partial charge in [0.05, 0.1) is 17.8 Å². The van der Waals surface area contributed by atoms with Crippen molar-refractivity contribution in [3.63, 3.8) is 0 Å². The summed E-state index contributed by atoms with van der Waals surface area (Å²) >= 11 is 0. The number of benzene rings is 3. The van der Waals surface area contributed by atoms with E-state index >= 15 is 0 Å². The quantitative estimate of drug-likeness (QED) is 0.164. The van der Waals surface area contributed by atoms with Crippen LogP contribution in [0.1, 0.15) is 128 Å². The average Bonchev–Trinajstić information content (AvgIpc) is 3.77. The van der Waals surface area contributed by atoms with Gasteiger partial charge >= 0.3 is 0 Å². The average molecular weight is 788 g/mol. The van der Waals surface area contributed by atoms with Gasteiger partial charge in [-0.3, -0.25) is 4.90 Å². The minimum Gasteiger partial charge on any atom is -0.393 e. The summed E-state index contributed by atoms with van der Waals surface area (Å²) in [7, 11) is 0. The fourth-order valence-electron chi connectivity index (χ4n) is 16.7. The van der Waals surface area contributed by atoms with Crippen LogP contribution in [0.15, 0.2) is 42.5 Å². The van der Waals surface area contributed by atoms with E-state index in [1.54, 1.807) is 0 Å². The molecule has 0 unspecified atom stereocenters. The first-order valence-electron chi connectivity index (χ1n) is 24.0. The Morgan fingerprint density at radius 2 is 1.62 bits per heavy atom. The fourth-order valence-corrected chi connectivity index (χ4v) is 16.7. The lowest BCUT2D eigenvalue weighted by molar-refractivity contribution is -0.180. The van der Waals surface area contributed by atoms with Crippen LogP contribution in [0, 0.1) is 70.0 Å². The van der Waals surface area contributed by atoms with Crippen molar-refractivity contribution in [1.82, 2.24) is 4.90 Å². The van der Waals surface area contributed by atoms with E-state index in [4.69, 9.17) is 0 Å². The number of hydrogen-bond donors (Lipinski definition) is 3. The molecule has 3 aromatic carbocycles. The molecule has 0 aromatic heterocycles. The van der Waals surface area contributed by atoms with Gasteiger partial charge in [0, 0.05) is 25.6 Å². The van der Waals surface area contributed by atoms with Crippen molar-refractivity contribution in [2.45, 2.75) is 155 Å². The van der Waals surface area contributed by atoms with Gasteiger partial charge in [0.25, 0.3) is 0 Å². The van der Waals surface area contributed by atoms with Crippen molar-refractivity contribution in [1.29, 1.82) is 0 Å². The SMILES string of the molecule is CC(C)Cc1cc2cc3cccc(CC=O)c3cc2cc1CC[C@H]1CC[C@@]2(C1)C[C@]1(C)[C@@H]3C[C@H]4[C@H](CC[C@@H]5[C@H]4CN4C[C@H](C)CC[C@@H]4[C@@]5(C)O)[C@@H]3C[C@H](O)[C@@H]1C[C@H]2O. The lowest BCUT2D eigenvalue weighted by Gasteiger charge is -2.60. The number of aliphatic hydroxyl groups excluding tert-OH is 2. The number of rotatable bonds is 7. The van der Waals surface area contributed by atoms with E-state index in [0.29, 0.717) is 65.7 Å². The standard InChI is InChI=1S/C53H73NO4/c1-31(2)19-37-22-38-21-36-8-6-7-34(16-18-55)41(36)23-39(38)20-35(37)11-10-33-15-17-53(27-33)30-51(4)46-24-42-40(43(46)25-48(56)47(51)26-50(53)57)12-13-45-44(42)29-54-28-32(3)9-14-49(54)52(45,5)58/h6-8,18,20-23,31-33,40,42-50,56-58H,9-17,19,24-30H2,1-5H3/t32-,33+,40+,42+,43+,44+,45-,46-,47+,48+,49-,50-,51-,52+,53-/m1/s1. The topological polar surface area (TPSA) is 81.0 Å². The van der Waals surface area contributed by atoms with Crippen LogP contribution in [0.2, 0.25) is 0 Å². The Balaban J connectivity index is 0.885. The van der Waals surface area contributed by atoms with Gasteiger partial charge in [-0.05, 0) is 217 Å². The molecule has 1 spiro atoms. The molecule has 3 N–H and O–H groups in total. The molecule has 0 amide bonds. The third-order valence-corrected chi connectivity index (χ3v) is 19.1. The van der Waals surface area contributed by atoms with Gasteiger partial charge in [0.2, 0.25) is 0 Å². The normalized spacial score (nSPS) is 43.6. The van der Waals surface area contributed by atoms with E-state index in [9.17, 15) is 20.1 Å². The second-order valence-electron chi connectivity index (χ2n) is 22.8. The first kappa shape index (κ1) is 39.8. The molecule has 7 fully saturated rings. The van der Waals surface area contributed by atoms with Crippen LogP contribution in [0.25, 0.3) is 21.5 Å². The summed E-state index contributed by atoms with van der Waals surface area (Å²) in [6.07, 6.45) is 16.3. The zero-order chi connectivity index (χ0) is 40.3. The lowest BCUT2D eigenvalue weighted by atomic mass is 9.46. The van der Waals surface area contributed by atoms with Crippen molar-refractivity contribution >= 4 is 27.8 Å². The fraction of sp³-hybridized carbons (Fsp3) is 0.717. The minimum atomic E-state index is -0.608. The molecule has 10 rings (SSSR count). The molecule has 0 bridgehead atoms. The molecule has 15 atom stereocenters. The maximum absolute atomic E-state index is 12.3. The predicted molar refractivity (Wildman–Crippen MR) is 234 cm³/mol. The summed E-state index contributed by atoms with van der Waals surface area (Å²) in [5.74, 6) is 5.55. The van der Waals surface area contributed by atoms with Gasteiger partial charge in [0.1, 0.15) is 6.29 Å². The van der Waals surface area contributed by atoms with Gasteiger partial charge in [-0.2, -0.15) is 0 Å². The number of aldehydes is 1. The molecule has 3 aromatic rings. The molecule has 5 saturated carbocycles. The zero-order valence-corrected chi connectivity index (χ0v) is 36.3. The Bertz CT molecular complexity index is 2040. The maximum Gasteiger partial charge on any atom is 0.124 e. The third kappa shape index (κ3) is 6.39. The van der Waals surface area contributed by atoms with Gasteiger partial charge in [-0.25, -0.2) is 0 Å². The number of aryl methyl sites for hydroxylation is 1. The number of piperidine rings is 2. The van der Waals surface area contributed by atoms with Crippen LogP contribution in [0.3, 0.4) is 0 Å². The molecule has 5 nitrogen and oxygen atoms in total. The highest BCUT2D eigenvalue weighted by molar-refractivity contribution is 6.00. The number of carbonyl (C=O) groups excluding carboxylic acids is 1. The second-order valence-corrected chi connectivity index (χ2v) is 22.8. The van der Waals surface area contributed by atoms with Crippen LogP contribution >= 0.6 is 0 Å². The van der Waals surface area contributed by atoms with Gasteiger partial charge in [-0.1, -0.05) is 58.0 Å². The van der Waals surface area contributed by atoms with Gasteiger partial charge < -0.3 is 20.1 Å². The van der Waals surface area contributed by atoms with Crippen LogP contribution in [-0.2, 0) is 24.1 Å². The largest absolute Gasteiger partial charge is 0.393 e. The van der Waals surface area contributed by atoms with E-state index in [0.717, 1.165) is 89.1 Å². The monoisotopic (exact) mass is 788 g/mol. The van der Waals surface area contributed by atoms with Crippen LogP contribution in [0.4, 0.5) is 0 Å². The number of fused-ring (bicyclic) bond motifs is 10. The molecule has 5 aliphatic carbocycles. The number of carbonyl (C=O) groups is 1. The molecule has 2 saturated heterocycles. The third-order valence-electron chi connectivity index (χ3n) is 19.1. The summed E-state index contributed by atoms with van der Waals surface area (Å²) in [6, 6.07) is 16.2.